The molecular weight excluding hydrogens is 454 g/mol. The Labute approximate surface area is 202 Å². The third kappa shape index (κ3) is 4.63. The molecule has 1 aromatic carbocycles. The van der Waals surface area contributed by atoms with Crippen molar-refractivity contribution in [3.05, 3.63) is 75.3 Å². The molecule has 0 radical (unpaired) electrons. The van der Waals surface area contributed by atoms with Crippen LogP contribution in [-0.2, 0) is 23.9 Å². The van der Waals surface area contributed by atoms with E-state index in [1.165, 1.54) is 18.4 Å². The summed E-state index contributed by atoms with van der Waals surface area (Å²) in [6.07, 6.45) is 0.507. The van der Waals surface area contributed by atoms with E-state index in [0.29, 0.717) is 29.0 Å². The standard InChI is InChI=1S/C26H27NO6S/c1-15-14-18-22(24(28)20(15)25(29)31-3)23(19-10-7-13-34-19)21(16(2)27-18)26(30)33-12-11-32-17-8-5-4-6-9-17/h4-10,13,15,20,23,27H,11-12,14H2,1-3H3/t15-,20+,23+/m0/s1. The van der Waals surface area contributed by atoms with Crippen LogP contribution in [0.1, 0.15) is 31.1 Å². The van der Waals surface area contributed by atoms with Crippen LogP contribution in [0.4, 0.5) is 0 Å². The van der Waals surface area contributed by atoms with Gasteiger partial charge in [-0.05, 0) is 42.8 Å². The zero-order valence-corrected chi connectivity index (χ0v) is 20.1. The number of allylic oxidation sites excluding steroid dienone is 3. The van der Waals surface area contributed by atoms with Crippen molar-refractivity contribution in [1.82, 2.24) is 5.32 Å². The third-order valence-corrected chi connectivity index (χ3v) is 7.06. The number of thiophene rings is 1. The SMILES string of the molecule is COC(=O)[C@H]1C(=O)C2=C(C[C@@H]1C)NC(C)=C(C(=O)OCCOc1ccccc1)[C@H]2c1cccs1. The van der Waals surface area contributed by atoms with Gasteiger partial charge >= 0.3 is 11.9 Å². The smallest absolute Gasteiger partial charge is 0.336 e. The van der Waals surface area contributed by atoms with Gasteiger partial charge in [-0.3, -0.25) is 9.59 Å². The highest BCUT2D eigenvalue weighted by Gasteiger charge is 2.47. The maximum Gasteiger partial charge on any atom is 0.336 e. The van der Waals surface area contributed by atoms with Gasteiger partial charge in [0.25, 0.3) is 0 Å². The molecule has 0 saturated carbocycles. The number of para-hydroxylation sites is 1. The molecular formula is C26H27NO6S. The minimum absolute atomic E-state index is 0.0589. The molecule has 1 aromatic heterocycles. The number of dihydropyridines is 1. The zero-order chi connectivity index (χ0) is 24.2. The van der Waals surface area contributed by atoms with E-state index in [-0.39, 0.29) is 24.9 Å². The molecule has 34 heavy (non-hydrogen) atoms. The Morgan fingerprint density at radius 3 is 2.56 bits per heavy atom. The highest BCUT2D eigenvalue weighted by molar-refractivity contribution is 7.10. The van der Waals surface area contributed by atoms with Crippen molar-refractivity contribution in [3.8, 4) is 5.75 Å². The van der Waals surface area contributed by atoms with E-state index in [1.54, 1.807) is 0 Å². The second kappa shape index (κ2) is 10.3. The summed E-state index contributed by atoms with van der Waals surface area (Å²) in [5.74, 6) is -2.41. The van der Waals surface area contributed by atoms with E-state index < -0.39 is 23.8 Å². The lowest BCUT2D eigenvalue weighted by atomic mass is 9.70. The topological polar surface area (TPSA) is 90.9 Å². The lowest BCUT2D eigenvalue weighted by Gasteiger charge is -2.37. The molecule has 0 fully saturated rings. The number of hydrogen-bond acceptors (Lipinski definition) is 8. The van der Waals surface area contributed by atoms with E-state index in [0.717, 1.165) is 10.6 Å². The van der Waals surface area contributed by atoms with Gasteiger partial charge in [-0.15, -0.1) is 11.3 Å². The molecule has 0 amide bonds. The fourth-order valence-electron chi connectivity index (χ4n) is 4.58. The quantitative estimate of drug-likeness (QED) is 0.363. The Balaban J connectivity index is 1.59. The molecule has 8 heteroatoms. The van der Waals surface area contributed by atoms with Gasteiger partial charge in [0.1, 0.15) is 24.9 Å². The first-order valence-electron chi connectivity index (χ1n) is 11.1. The molecule has 0 bridgehead atoms. The molecule has 2 heterocycles. The first-order valence-corrected chi connectivity index (χ1v) is 12.0. The summed E-state index contributed by atoms with van der Waals surface area (Å²) < 4.78 is 16.1. The average molecular weight is 482 g/mol. The van der Waals surface area contributed by atoms with Gasteiger partial charge in [-0.2, -0.15) is 0 Å². The Kier molecular flexibility index (Phi) is 7.17. The number of ether oxygens (including phenoxy) is 3. The molecule has 0 saturated heterocycles. The summed E-state index contributed by atoms with van der Waals surface area (Å²) in [7, 11) is 1.28. The van der Waals surface area contributed by atoms with Crippen molar-refractivity contribution >= 4 is 29.1 Å². The first kappa shape index (κ1) is 23.8. The number of carbonyl (C=O) groups is 3. The fraction of sp³-hybridized carbons (Fsp3) is 0.346. The van der Waals surface area contributed by atoms with Crippen molar-refractivity contribution in [2.24, 2.45) is 11.8 Å². The lowest BCUT2D eigenvalue weighted by molar-refractivity contribution is -0.151. The minimum Gasteiger partial charge on any atom is -0.490 e. The largest absolute Gasteiger partial charge is 0.490 e. The molecule has 2 aliphatic rings. The summed E-state index contributed by atoms with van der Waals surface area (Å²) in [5, 5.41) is 5.15. The molecule has 0 unspecified atom stereocenters. The second-order valence-corrected chi connectivity index (χ2v) is 9.33. The van der Waals surface area contributed by atoms with Crippen molar-refractivity contribution in [3.63, 3.8) is 0 Å². The average Bonchev–Trinajstić information content (AvgIpc) is 3.36. The molecule has 1 aliphatic carbocycles. The van der Waals surface area contributed by atoms with Crippen LogP contribution < -0.4 is 10.1 Å². The van der Waals surface area contributed by atoms with Gasteiger partial charge in [0.2, 0.25) is 0 Å². The predicted octanol–water partition coefficient (Wildman–Crippen LogP) is 3.98. The van der Waals surface area contributed by atoms with Gasteiger partial charge < -0.3 is 19.5 Å². The predicted molar refractivity (Wildman–Crippen MR) is 127 cm³/mol. The molecule has 4 rings (SSSR count). The van der Waals surface area contributed by atoms with Crippen molar-refractivity contribution in [2.75, 3.05) is 20.3 Å². The minimum atomic E-state index is -0.900. The second-order valence-electron chi connectivity index (χ2n) is 8.35. The van der Waals surface area contributed by atoms with Crippen molar-refractivity contribution in [2.45, 2.75) is 26.2 Å². The molecule has 1 aliphatic heterocycles. The zero-order valence-electron chi connectivity index (χ0n) is 19.3. The molecule has 0 spiro atoms. The van der Waals surface area contributed by atoms with Crippen LogP contribution >= 0.6 is 11.3 Å². The highest BCUT2D eigenvalue weighted by Crippen LogP contribution is 2.46. The number of Topliss-reactive ketones (excluding diaryl/α,β-unsaturated/α-hetero) is 1. The Morgan fingerprint density at radius 2 is 1.88 bits per heavy atom. The van der Waals surface area contributed by atoms with Gasteiger partial charge in [-0.1, -0.05) is 31.2 Å². The van der Waals surface area contributed by atoms with Crippen LogP contribution in [0.2, 0.25) is 0 Å². The van der Waals surface area contributed by atoms with Crippen molar-refractivity contribution in [1.29, 1.82) is 0 Å². The Bertz CT molecular complexity index is 1140. The molecule has 2 aromatic rings. The number of nitrogens with one attached hydrogen (secondary N) is 1. The summed E-state index contributed by atoms with van der Waals surface area (Å²) in [5.41, 5.74) is 2.20. The van der Waals surface area contributed by atoms with E-state index in [2.05, 4.69) is 5.32 Å². The van der Waals surface area contributed by atoms with Crippen LogP contribution in [0.15, 0.2) is 70.4 Å². The summed E-state index contributed by atoms with van der Waals surface area (Å²) >= 11 is 1.46. The van der Waals surface area contributed by atoms with Gasteiger partial charge in [0.05, 0.1) is 18.6 Å². The third-order valence-electron chi connectivity index (χ3n) is 6.12. The number of carbonyl (C=O) groups excluding carboxylic acids is 3. The summed E-state index contributed by atoms with van der Waals surface area (Å²) in [6, 6.07) is 13.0. The Morgan fingerprint density at radius 1 is 1.12 bits per heavy atom. The highest BCUT2D eigenvalue weighted by atomic mass is 32.1. The normalized spacial score (nSPS) is 22.1. The first-order chi connectivity index (χ1) is 16.4. The molecule has 3 atom stereocenters. The number of methoxy groups -OCH3 is 1. The fourth-order valence-corrected chi connectivity index (χ4v) is 5.42. The van der Waals surface area contributed by atoms with E-state index in [4.69, 9.17) is 14.2 Å². The van der Waals surface area contributed by atoms with Crippen LogP contribution in [0.3, 0.4) is 0 Å². The number of hydrogen-bond donors (Lipinski definition) is 1. The van der Waals surface area contributed by atoms with Gasteiger partial charge in [0, 0.05) is 21.8 Å². The number of esters is 2. The number of rotatable bonds is 7. The molecule has 1 N–H and O–H groups in total. The summed E-state index contributed by atoms with van der Waals surface area (Å²) in [6.45, 7) is 3.93. The van der Waals surface area contributed by atoms with Gasteiger partial charge in [-0.25, -0.2) is 4.79 Å². The van der Waals surface area contributed by atoms with Crippen LogP contribution in [0, 0.1) is 11.8 Å². The van der Waals surface area contributed by atoms with Crippen LogP contribution in [0.5, 0.6) is 5.75 Å². The summed E-state index contributed by atoms with van der Waals surface area (Å²) in [4.78, 5) is 40.1. The lowest BCUT2D eigenvalue weighted by Crippen LogP contribution is -2.43. The van der Waals surface area contributed by atoms with Crippen LogP contribution in [0.25, 0.3) is 0 Å². The maximum atomic E-state index is 13.6. The van der Waals surface area contributed by atoms with Crippen LogP contribution in [-0.4, -0.2) is 38.0 Å². The monoisotopic (exact) mass is 481 g/mol. The molecule has 7 nitrogen and oxygen atoms in total. The van der Waals surface area contributed by atoms with Crippen molar-refractivity contribution < 1.29 is 28.6 Å². The van der Waals surface area contributed by atoms with E-state index >= 15 is 0 Å². The van der Waals surface area contributed by atoms with E-state index in [1.807, 2.05) is 61.7 Å². The maximum absolute atomic E-state index is 13.6. The Hall–Kier alpha value is -3.39. The van der Waals surface area contributed by atoms with E-state index in [9.17, 15) is 14.4 Å². The number of benzene rings is 1. The number of ketones is 1. The van der Waals surface area contributed by atoms with Gasteiger partial charge in [0.15, 0.2) is 5.78 Å². The molecule has 178 valence electrons.